The first kappa shape index (κ1) is 20.0. The maximum absolute atomic E-state index is 12.3. The van der Waals surface area contributed by atoms with E-state index in [4.69, 9.17) is 4.74 Å². The Kier molecular flexibility index (Phi) is 6.31. The van der Waals surface area contributed by atoms with E-state index in [-0.39, 0.29) is 5.91 Å². The molecular formula is C21H22N6O2S. The van der Waals surface area contributed by atoms with E-state index in [1.807, 2.05) is 30.3 Å². The Balaban J connectivity index is 1.22. The number of carbonyl (C=O) groups excluding carboxylic acids is 1. The van der Waals surface area contributed by atoms with Crippen LogP contribution in [0, 0.1) is 0 Å². The van der Waals surface area contributed by atoms with Gasteiger partial charge in [-0.05, 0) is 23.8 Å². The van der Waals surface area contributed by atoms with Crippen molar-refractivity contribution in [3.8, 4) is 5.88 Å². The molecule has 8 nitrogen and oxygen atoms in total. The lowest BCUT2D eigenvalue weighted by Crippen LogP contribution is -2.23. The van der Waals surface area contributed by atoms with Crippen molar-refractivity contribution in [1.29, 1.82) is 0 Å². The first-order valence-electron chi connectivity index (χ1n) is 9.57. The SMILES string of the molecule is COc1cc(CNC(=O)c2csc(CCNCc3nc4ccccc4[nH]3)n2)ccn1. The molecule has 0 saturated carbocycles. The normalized spacial score (nSPS) is 11.0. The van der Waals surface area contributed by atoms with Crippen molar-refractivity contribution >= 4 is 28.3 Å². The fourth-order valence-corrected chi connectivity index (χ4v) is 3.74. The molecule has 3 heterocycles. The van der Waals surface area contributed by atoms with Crippen molar-refractivity contribution in [2.24, 2.45) is 0 Å². The molecule has 154 valence electrons. The third kappa shape index (κ3) is 5.00. The lowest BCUT2D eigenvalue weighted by molar-refractivity contribution is 0.0946. The largest absolute Gasteiger partial charge is 0.481 e. The number of fused-ring (bicyclic) bond motifs is 1. The van der Waals surface area contributed by atoms with Crippen molar-refractivity contribution in [2.75, 3.05) is 13.7 Å². The number of aromatic amines is 1. The van der Waals surface area contributed by atoms with E-state index < -0.39 is 0 Å². The average Bonchev–Trinajstić information content (AvgIpc) is 3.42. The maximum Gasteiger partial charge on any atom is 0.271 e. The van der Waals surface area contributed by atoms with E-state index >= 15 is 0 Å². The smallest absolute Gasteiger partial charge is 0.271 e. The Morgan fingerprint density at radius 3 is 2.97 bits per heavy atom. The summed E-state index contributed by atoms with van der Waals surface area (Å²) in [5.74, 6) is 1.24. The van der Waals surface area contributed by atoms with Crippen molar-refractivity contribution in [3.63, 3.8) is 0 Å². The van der Waals surface area contributed by atoms with Crippen LogP contribution in [0.2, 0.25) is 0 Å². The van der Waals surface area contributed by atoms with Crippen LogP contribution in [0.25, 0.3) is 11.0 Å². The number of amides is 1. The van der Waals surface area contributed by atoms with Gasteiger partial charge in [-0.15, -0.1) is 11.3 Å². The van der Waals surface area contributed by atoms with Crippen LogP contribution < -0.4 is 15.4 Å². The molecule has 30 heavy (non-hydrogen) atoms. The number of imidazole rings is 1. The molecule has 4 rings (SSSR count). The van der Waals surface area contributed by atoms with Gasteiger partial charge in [0, 0.05) is 37.2 Å². The fourth-order valence-electron chi connectivity index (χ4n) is 2.97. The van der Waals surface area contributed by atoms with Gasteiger partial charge in [0.2, 0.25) is 5.88 Å². The lowest BCUT2D eigenvalue weighted by atomic mass is 10.2. The minimum Gasteiger partial charge on any atom is -0.481 e. The van der Waals surface area contributed by atoms with E-state index in [1.165, 1.54) is 11.3 Å². The molecular weight excluding hydrogens is 400 g/mol. The predicted molar refractivity (Wildman–Crippen MR) is 116 cm³/mol. The lowest BCUT2D eigenvalue weighted by Gasteiger charge is -2.05. The van der Waals surface area contributed by atoms with E-state index in [9.17, 15) is 4.79 Å². The van der Waals surface area contributed by atoms with Crippen LogP contribution in [0.4, 0.5) is 0 Å². The number of nitrogens with zero attached hydrogens (tertiary/aromatic N) is 3. The minimum absolute atomic E-state index is 0.191. The maximum atomic E-state index is 12.3. The number of pyridine rings is 1. The summed E-state index contributed by atoms with van der Waals surface area (Å²) < 4.78 is 5.09. The Morgan fingerprint density at radius 1 is 1.20 bits per heavy atom. The summed E-state index contributed by atoms with van der Waals surface area (Å²) >= 11 is 1.49. The first-order chi connectivity index (χ1) is 14.7. The summed E-state index contributed by atoms with van der Waals surface area (Å²) in [5.41, 5.74) is 3.36. The number of hydrogen-bond donors (Lipinski definition) is 3. The monoisotopic (exact) mass is 422 g/mol. The van der Waals surface area contributed by atoms with Crippen LogP contribution in [0.15, 0.2) is 48.0 Å². The Hall–Kier alpha value is -3.30. The van der Waals surface area contributed by atoms with Gasteiger partial charge in [-0.25, -0.2) is 15.0 Å². The molecule has 0 aliphatic heterocycles. The molecule has 0 bridgehead atoms. The second kappa shape index (κ2) is 9.47. The Labute approximate surface area is 177 Å². The number of H-pyrrole nitrogens is 1. The summed E-state index contributed by atoms with van der Waals surface area (Å²) in [4.78, 5) is 28.7. The second-order valence-corrected chi connectivity index (χ2v) is 7.59. The van der Waals surface area contributed by atoms with Crippen LogP contribution in [-0.4, -0.2) is 39.5 Å². The quantitative estimate of drug-likeness (QED) is 0.358. The first-order valence-corrected chi connectivity index (χ1v) is 10.4. The number of ether oxygens (including phenoxy) is 1. The number of methoxy groups -OCH3 is 1. The molecule has 0 aliphatic rings. The van der Waals surface area contributed by atoms with Gasteiger partial charge in [0.15, 0.2) is 0 Å². The van der Waals surface area contributed by atoms with Crippen LogP contribution in [0.1, 0.15) is 26.9 Å². The van der Waals surface area contributed by atoms with Crippen molar-refractivity contribution in [2.45, 2.75) is 19.5 Å². The molecule has 3 N–H and O–H groups in total. The molecule has 0 aliphatic carbocycles. The van der Waals surface area contributed by atoms with Crippen LogP contribution >= 0.6 is 11.3 Å². The van der Waals surface area contributed by atoms with Crippen LogP contribution in [0.5, 0.6) is 5.88 Å². The van der Waals surface area contributed by atoms with Gasteiger partial charge in [0.1, 0.15) is 11.5 Å². The molecule has 0 saturated heterocycles. The van der Waals surface area contributed by atoms with Gasteiger partial charge in [-0.1, -0.05) is 12.1 Å². The predicted octanol–water partition coefficient (Wildman–Crippen LogP) is 2.69. The highest BCUT2D eigenvalue weighted by Crippen LogP contribution is 2.12. The number of nitrogens with one attached hydrogen (secondary N) is 3. The Bertz CT molecular complexity index is 1110. The molecule has 0 atom stereocenters. The van der Waals surface area contributed by atoms with Gasteiger partial charge >= 0.3 is 0 Å². The standard InChI is InChI=1S/C21H22N6O2S/c1-29-19-10-14(6-9-23-19)11-24-21(28)17-13-30-20(27-17)7-8-22-12-18-25-15-4-2-3-5-16(15)26-18/h2-6,9-10,13,22H,7-8,11-12H2,1H3,(H,24,28)(H,25,26). The number of rotatable bonds is 9. The molecule has 9 heteroatoms. The highest BCUT2D eigenvalue weighted by atomic mass is 32.1. The third-order valence-electron chi connectivity index (χ3n) is 4.49. The van der Waals surface area contributed by atoms with Gasteiger partial charge in [0.05, 0.1) is 29.7 Å². The number of carbonyl (C=O) groups is 1. The summed E-state index contributed by atoms with van der Waals surface area (Å²) in [7, 11) is 1.56. The summed E-state index contributed by atoms with van der Waals surface area (Å²) in [6.07, 6.45) is 2.40. The minimum atomic E-state index is -0.191. The molecule has 4 aromatic rings. The topological polar surface area (TPSA) is 105 Å². The molecule has 3 aromatic heterocycles. The van der Waals surface area contributed by atoms with Gasteiger partial charge < -0.3 is 20.4 Å². The summed E-state index contributed by atoms with van der Waals surface area (Å²) in [6.45, 7) is 1.80. The van der Waals surface area contributed by atoms with Crippen molar-refractivity contribution in [3.05, 3.63) is 70.1 Å². The number of hydrogen-bond acceptors (Lipinski definition) is 7. The van der Waals surface area contributed by atoms with E-state index in [0.717, 1.165) is 40.4 Å². The van der Waals surface area contributed by atoms with Crippen molar-refractivity contribution in [1.82, 2.24) is 30.6 Å². The van der Waals surface area contributed by atoms with Gasteiger partial charge in [0.25, 0.3) is 5.91 Å². The van der Waals surface area contributed by atoms with Crippen molar-refractivity contribution < 1.29 is 9.53 Å². The van der Waals surface area contributed by atoms with Crippen LogP contribution in [-0.2, 0) is 19.5 Å². The zero-order valence-electron chi connectivity index (χ0n) is 16.5. The highest BCUT2D eigenvalue weighted by Gasteiger charge is 2.11. The number of para-hydroxylation sites is 2. The zero-order valence-corrected chi connectivity index (χ0v) is 17.3. The zero-order chi connectivity index (χ0) is 20.8. The highest BCUT2D eigenvalue weighted by molar-refractivity contribution is 7.09. The molecule has 1 aromatic carbocycles. The molecule has 0 spiro atoms. The van der Waals surface area contributed by atoms with E-state index in [2.05, 4.69) is 30.6 Å². The van der Waals surface area contributed by atoms with Crippen LogP contribution in [0.3, 0.4) is 0 Å². The Morgan fingerprint density at radius 2 is 2.10 bits per heavy atom. The number of aromatic nitrogens is 4. The fraction of sp³-hybridized carbons (Fsp3) is 0.238. The second-order valence-electron chi connectivity index (χ2n) is 6.64. The number of benzene rings is 1. The molecule has 1 amide bonds. The number of thiazole rings is 1. The van der Waals surface area contributed by atoms with E-state index in [1.54, 1.807) is 24.8 Å². The molecule has 0 radical (unpaired) electrons. The van der Waals surface area contributed by atoms with Gasteiger partial charge in [-0.2, -0.15) is 0 Å². The van der Waals surface area contributed by atoms with Gasteiger partial charge in [-0.3, -0.25) is 4.79 Å². The molecule has 0 fully saturated rings. The summed E-state index contributed by atoms with van der Waals surface area (Å²) in [5, 5.41) is 8.94. The average molecular weight is 423 g/mol. The third-order valence-corrected chi connectivity index (χ3v) is 5.40. The molecule has 0 unspecified atom stereocenters. The summed E-state index contributed by atoms with van der Waals surface area (Å²) in [6, 6.07) is 11.6. The van der Waals surface area contributed by atoms with E-state index in [0.29, 0.717) is 24.7 Å².